The zero-order valence-corrected chi connectivity index (χ0v) is 18.8. The Morgan fingerprint density at radius 1 is 1.07 bits per heavy atom. The fourth-order valence-electron chi connectivity index (χ4n) is 2.86. The summed E-state index contributed by atoms with van der Waals surface area (Å²) in [4.78, 5) is 1.83. The van der Waals surface area contributed by atoms with E-state index in [1.807, 2.05) is 63.4 Å². The van der Waals surface area contributed by atoms with E-state index in [1.54, 1.807) is 30.7 Å². The van der Waals surface area contributed by atoms with Crippen molar-refractivity contribution >= 4 is 28.8 Å². The van der Waals surface area contributed by atoms with Crippen LogP contribution in [0.4, 0.5) is 5.69 Å². The van der Waals surface area contributed by atoms with Crippen molar-refractivity contribution in [1.29, 1.82) is 0 Å². The maximum Gasteiger partial charge on any atom is 0.179 e. The van der Waals surface area contributed by atoms with Crippen molar-refractivity contribution in [3.63, 3.8) is 0 Å². The van der Waals surface area contributed by atoms with E-state index in [0.29, 0.717) is 0 Å². The first-order valence-corrected chi connectivity index (χ1v) is 11.2. The normalized spacial score (nSPS) is 11.9. The van der Waals surface area contributed by atoms with Gasteiger partial charge in [0.15, 0.2) is 16.4 Å². The Labute approximate surface area is 178 Å². The number of benzene rings is 2. The Morgan fingerprint density at radius 3 is 2.34 bits per heavy atom. The predicted octanol–water partition coefficient (Wildman–Crippen LogP) is 4.48. The third kappa shape index (κ3) is 5.01. The highest BCUT2D eigenvalue weighted by molar-refractivity contribution is 7.98. The molecule has 6 nitrogen and oxygen atoms in total. The van der Waals surface area contributed by atoms with Crippen LogP contribution >= 0.6 is 11.8 Å². The molecule has 0 aliphatic rings. The number of hydrogen-bond acceptors (Lipinski definition) is 6. The van der Waals surface area contributed by atoms with Gasteiger partial charge in [0.2, 0.25) is 0 Å². The van der Waals surface area contributed by atoms with Gasteiger partial charge in [-0.3, -0.25) is 4.68 Å². The molecule has 0 aliphatic heterocycles. The van der Waals surface area contributed by atoms with E-state index in [1.165, 1.54) is 0 Å². The van der Waals surface area contributed by atoms with E-state index in [-0.39, 0.29) is 0 Å². The Morgan fingerprint density at radius 2 is 1.76 bits per heavy atom. The fraction of sp³-hybridized carbons (Fsp3) is 0.286. The van der Waals surface area contributed by atoms with E-state index in [0.717, 1.165) is 49.7 Å². The second kappa shape index (κ2) is 9.47. The van der Waals surface area contributed by atoms with Gasteiger partial charge in [-0.2, -0.15) is 9.82 Å². The largest absolute Gasteiger partial charge is 0.588 e. The maximum atomic E-state index is 12.7. The van der Waals surface area contributed by atoms with Crippen LogP contribution in [-0.4, -0.2) is 28.6 Å². The van der Waals surface area contributed by atoms with Gasteiger partial charge in [0.25, 0.3) is 0 Å². The topological polar surface area (TPSA) is 71.4 Å². The third-order valence-corrected chi connectivity index (χ3v) is 6.76. The van der Waals surface area contributed by atoms with Crippen LogP contribution in [0.5, 0.6) is 11.5 Å². The van der Waals surface area contributed by atoms with Gasteiger partial charge < -0.3 is 14.0 Å². The van der Waals surface area contributed by atoms with Crippen molar-refractivity contribution in [1.82, 2.24) is 9.78 Å². The minimum atomic E-state index is -1.34. The highest BCUT2D eigenvalue weighted by Gasteiger charge is 2.17. The number of anilines is 1. The van der Waals surface area contributed by atoms with E-state index < -0.39 is 11.4 Å². The van der Waals surface area contributed by atoms with E-state index in [2.05, 4.69) is 9.82 Å². The summed E-state index contributed by atoms with van der Waals surface area (Å²) in [7, 11) is 5.14. The first-order valence-electron chi connectivity index (χ1n) is 9.05. The van der Waals surface area contributed by atoms with Crippen molar-refractivity contribution in [3.8, 4) is 11.5 Å². The van der Waals surface area contributed by atoms with Crippen molar-refractivity contribution < 1.29 is 14.0 Å². The highest BCUT2D eigenvalue weighted by Crippen LogP contribution is 2.33. The van der Waals surface area contributed by atoms with Gasteiger partial charge in [0.1, 0.15) is 17.0 Å². The molecule has 29 heavy (non-hydrogen) atoms. The van der Waals surface area contributed by atoms with Crippen LogP contribution < -0.4 is 14.2 Å². The van der Waals surface area contributed by atoms with Crippen LogP contribution in [0.2, 0.25) is 0 Å². The van der Waals surface area contributed by atoms with Crippen molar-refractivity contribution in [2.24, 2.45) is 7.05 Å². The number of rotatable bonds is 8. The number of hydrogen-bond donors (Lipinski definition) is 1. The monoisotopic (exact) mass is 431 g/mol. The molecule has 8 heteroatoms. The lowest BCUT2D eigenvalue weighted by Gasteiger charge is -2.12. The molecule has 0 bridgehead atoms. The van der Waals surface area contributed by atoms with Gasteiger partial charge in [-0.05, 0) is 49.7 Å². The average molecular weight is 432 g/mol. The molecular weight excluding hydrogens is 406 g/mol. The van der Waals surface area contributed by atoms with Crippen LogP contribution in [0.1, 0.15) is 17.0 Å². The second-order valence-corrected chi connectivity index (χ2v) is 8.75. The lowest BCUT2D eigenvalue weighted by atomic mass is 10.2. The first-order chi connectivity index (χ1) is 13.9. The van der Waals surface area contributed by atoms with E-state index in [9.17, 15) is 4.55 Å². The summed E-state index contributed by atoms with van der Waals surface area (Å²) < 4.78 is 28.2. The number of aromatic nitrogens is 2. The SMILES string of the molecule is COc1ccc(SCc2ccc([S+]([O-])Nc3c(C)nn(C)c3C)cc2)cc1OC. The molecule has 1 aromatic heterocycles. The Balaban J connectivity index is 1.62. The molecule has 1 unspecified atom stereocenters. The standard InChI is InChI=1S/C21H25N3O3S2/c1-14-21(15(2)24(3)22-14)23-29(25)18-9-6-16(7-10-18)13-28-17-8-11-19(26-4)20(12-17)27-5/h6-12,23H,13H2,1-5H3. The summed E-state index contributed by atoms with van der Waals surface area (Å²) in [5.74, 6) is 2.24. The Bertz CT molecular complexity index is 974. The molecule has 0 saturated heterocycles. The van der Waals surface area contributed by atoms with Crippen molar-refractivity contribution in [2.45, 2.75) is 29.4 Å². The van der Waals surface area contributed by atoms with E-state index >= 15 is 0 Å². The average Bonchev–Trinajstić information content (AvgIpc) is 2.98. The zero-order chi connectivity index (χ0) is 21.0. The summed E-state index contributed by atoms with van der Waals surface area (Å²) in [6.07, 6.45) is 0. The Hall–Kier alpha value is -2.29. The van der Waals surface area contributed by atoms with Crippen molar-refractivity contribution in [2.75, 3.05) is 18.9 Å². The number of ether oxygens (including phenoxy) is 2. The molecule has 3 rings (SSSR count). The van der Waals surface area contributed by atoms with Crippen molar-refractivity contribution in [3.05, 3.63) is 59.4 Å². The number of nitrogens with one attached hydrogen (secondary N) is 1. The number of aryl methyl sites for hydroxylation is 2. The quantitative estimate of drug-likeness (QED) is 0.419. The highest BCUT2D eigenvalue weighted by atomic mass is 32.2. The van der Waals surface area contributed by atoms with Crippen LogP contribution in [0, 0.1) is 13.8 Å². The molecule has 3 aromatic rings. The molecule has 0 aliphatic carbocycles. The summed E-state index contributed by atoms with van der Waals surface area (Å²) in [5.41, 5.74) is 3.76. The predicted molar refractivity (Wildman–Crippen MR) is 118 cm³/mol. The summed E-state index contributed by atoms with van der Waals surface area (Å²) in [6.45, 7) is 3.86. The van der Waals surface area contributed by atoms with Crippen LogP contribution in [0.25, 0.3) is 0 Å². The molecule has 0 spiro atoms. The summed E-state index contributed by atoms with van der Waals surface area (Å²) >= 11 is 0.369. The molecule has 1 heterocycles. The summed E-state index contributed by atoms with van der Waals surface area (Å²) in [5, 5.41) is 4.35. The van der Waals surface area contributed by atoms with Crippen LogP contribution in [-0.2, 0) is 24.2 Å². The van der Waals surface area contributed by atoms with Gasteiger partial charge in [0, 0.05) is 17.7 Å². The molecule has 0 fully saturated rings. The molecule has 0 saturated carbocycles. The van der Waals surface area contributed by atoms with E-state index in [4.69, 9.17) is 9.47 Å². The number of nitrogens with zero attached hydrogens (tertiary/aromatic N) is 2. The number of methoxy groups -OCH3 is 2. The molecule has 1 atom stereocenters. The molecule has 154 valence electrons. The minimum absolute atomic E-state index is 0.718. The smallest absolute Gasteiger partial charge is 0.179 e. The molecular formula is C21H25N3O3S2. The lowest BCUT2D eigenvalue weighted by Crippen LogP contribution is -2.14. The van der Waals surface area contributed by atoms with Crippen LogP contribution in [0.3, 0.4) is 0 Å². The third-order valence-electron chi connectivity index (χ3n) is 4.60. The Kier molecular flexibility index (Phi) is 7.00. The van der Waals surface area contributed by atoms with Gasteiger partial charge in [-0.15, -0.1) is 11.8 Å². The fourth-order valence-corrected chi connectivity index (χ4v) is 4.72. The maximum absolute atomic E-state index is 12.7. The van der Waals surface area contributed by atoms with Crippen LogP contribution in [0.15, 0.2) is 52.3 Å². The molecule has 0 amide bonds. The number of thioether (sulfide) groups is 1. The van der Waals surface area contributed by atoms with Gasteiger partial charge >= 0.3 is 0 Å². The van der Waals surface area contributed by atoms with Gasteiger partial charge in [-0.1, -0.05) is 12.1 Å². The lowest BCUT2D eigenvalue weighted by molar-refractivity contribution is 0.354. The summed E-state index contributed by atoms with van der Waals surface area (Å²) in [6, 6.07) is 13.7. The first kappa shape index (κ1) is 21.4. The van der Waals surface area contributed by atoms with Gasteiger partial charge in [-0.25, -0.2) is 0 Å². The second-order valence-electron chi connectivity index (χ2n) is 6.49. The molecule has 0 radical (unpaired) electrons. The minimum Gasteiger partial charge on any atom is -0.588 e. The van der Waals surface area contributed by atoms with Gasteiger partial charge in [0.05, 0.1) is 25.6 Å². The zero-order valence-electron chi connectivity index (χ0n) is 17.2. The molecule has 1 N–H and O–H groups in total. The molecule has 2 aromatic carbocycles.